The number of ether oxygens (including phenoxy) is 1. The molecular formula is C19H23N2O3+. The number of likely N-dealkylation sites (tertiary alicyclic amines) is 1. The van der Waals surface area contributed by atoms with Crippen molar-refractivity contribution >= 4 is 5.91 Å². The number of quaternary nitrogens is 1. The van der Waals surface area contributed by atoms with E-state index in [0.29, 0.717) is 23.3 Å². The topological polar surface area (TPSA) is 72.6 Å². The number of nitrogens with zero attached hydrogens (tertiary/aromatic N) is 1. The van der Waals surface area contributed by atoms with Crippen LogP contribution in [0.5, 0.6) is 5.75 Å². The highest BCUT2D eigenvalue weighted by Gasteiger charge is 2.67. The molecule has 3 unspecified atom stereocenters. The fraction of sp³-hybridized carbons (Fsp3) is 0.526. The van der Waals surface area contributed by atoms with E-state index in [2.05, 4.69) is 20.2 Å². The maximum Gasteiger partial charge on any atom is 0.252 e. The first kappa shape index (κ1) is 14.5. The Morgan fingerprint density at radius 1 is 1.38 bits per heavy atom. The number of aliphatic hydroxyl groups is 1. The SMILES string of the molecule is C[N+]1(C)CC[C@]23c4c5ccc(C(N)=O)c4OC2C(O)C=CC3[C@H]1C5. The minimum Gasteiger partial charge on any atom is -0.485 e. The summed E-state index contributed by atoms with van der Waals surface area (Å²) in [6.07, 6.45) is 5.04. The van der Waals surface area contributed by atoms with Gasteiger partial charge in [0.1, 0.15) is 24.0 Å². The van der Waals surface area contributed by atoms with Gasteiger partial charge in [-0.3, -0.25) is 4.79 Å². The Bertz CT molecular complexity index is 800. The van der Waals surface area contributed by atoms with Gasteiger partial charge >= 0.3 is 0 Å². The molecule has 24 heavy (non-hydrogen) atoms. The van der Waals surface area contributed by atoms with E-state index in [9.17, 15) is 9.90 Å². The highest BCUT2D eigenvalue weighted by Crippen LogP contribution is 2.62. The molecule has 0 radical (unpaired) electrons. The summed E-state index contributed by atoms with van der Waals surface area (Å²) in [5.41, 5.74) is 8.21. The monoisotopic (exact) mass is 327 g/mol. The lowest BCUT2D eigenvalue weighted by Crippen LogP contribution is -2.70. The lowest BCUT2D eigenvalue weighted by atomic mass is 9.52. The van der Waals surface area contributed by atoms with Gasteiger partial charge in [-0.05, 0) is 11.6 Å². The van der Waals surface area contributed by atoms with E-state index in [0.717, 1.165) is 29.4 Å². The highest BCUT2D eigenvalue weighted by molar-refractivity contribution is 5.97. The van der Waals surface area contributed by atoms with E-state index in [1.807, 2.05) is 12.1 Å². The zero-order chi connectivity index (χ0) is 16.9. The number of carbonyl (C=O) groups excluding carboxylic acids is 1. The smallest absolute Gasteiger partial charge is 0.252 e. The van der Waals surface area contributed by atoms with Crippen molar-refractivity contribution < 1.29 is 19.1 Å². The quantitative estimate of drug-likeness (QED) is 0.590. The third-order valence-electron chi connectivity index (χ3n) is 6.99. The zero-order valence-corrected chi connectivity index (χ0v) is 14.0. The summed E-state index contributed by atoms with van der Waals surface area (Å²) in [5, 5.41) is 10.6. The Labute approximate surface area is 141 Å². The van der Waals surface area contributed by atoms with Crippen LogP contribution in [0.25, 0.3) is 0 Å². The standard InChI is InChI=1S/C19H22N2O3/c1-21(2)8-7-19-12-5-6-14(22)17(19)24-16-11(18(20)23)4-3-10(15(16)19)9-13(12)21/h3-6,12-14,17,22H,7-9H2,1-2H3,(H-,20,23)/p+1/t12?,13-,14?,17?,19+/m1/s1. The number of amides is 1. The largest absolute Gasteiger partial charge is 0.485 e. The lowest BCUT2D eigenvalue weighted by molar-refractivity contribution is -0.926. The van der Waals surface area contributed by atoms with Gasteiger partial charge in [-0.25, -0.2) is 0 Å². The molecular weight excluding hydrogens is 304 g/mol. The first-order valence-electron chi connectivity index (χ1n) is 8.68. The van der Waals surface area contributed by atoms with Crippen molar-refractivity contribution in [2.45, 2.75) is 36.5 Å². The van der Waals surface area contributed by atoms with Crippen LogP contribution in [0.1, 0.15) is 27.9 Å². The van der Waals surface area contributed by atoms with Crippen LogP contribution < -0.4 is 10.5 Å². The maximum absolute atomic E-state index is 11.9. The van der Waals surface area contributed by atoms with E-state index in [4.69, 9.17) is 10.5 Å². The number of hydrogen-bond acceptors (Lipinski definition) is 3. The Hall–Kier alpha value is -1.85. The number of likely N-dealkylation sites (N-methyl/N-ethyl adjacent to an activating group) is 1. The minimum absolute atomic E-state index is 0.221. The Balaban J connectivity index is 1.83. The molecule has 0 saturated carbocycles. The van der Waals surface area contributed by atoms with Gasteiger partial charge in [0.2, 0.25) is 0 Å². The van der Waals surface area contributed by atoms with E-state index in [1.54, 1.807) is 6.07 Å². The van der Waals surface area contributed by atoms with Crippen LogP contribution in [0.4, 0.5) is 0 Å². The van der Waals surface area contributed by atoms with Crippen LogP contribution in [-0.4, -0.2) is 54.4 Å². The van der Waals surface area contributed by atoms with Crippen LogP contribution in [0.15, 0.2) is 24.3 Å². The number of nitrogens with two attached hydrogens (primary N) is 1. The van der Waals surface area contributed by atoms with Gasteiger partial charge < -0.3 is 20.1 Å². The molecule has 1 spiro atoms. The summed E-state index contributed by atoms with van der Waals surface area (Å²) in [6.45, 7) is 1.04. The van der Waals surface area contributed by atoms with E-state index in [1.165, 1.54) is 5.56 Å². The van der Waals surface area contributed by atoms with Crippen molar-refractivity contribution in [3.8, 4) is 5.75 Å². The van der Waals surface area contributed by atoms with E-state index >= 15 is 0 Å². The fourth-order valence-corrected chi connectivity index (χ4v) is 5.81. The Morgan fingerprint density at radius 2 is 2.17 bits per heavy atom. The predicted octanol–water partition coefficient (Wildman–Crippen LogP) is 0.736. The third-order valence-corrected chi connectivity index (χ3v) is 6.99. The molecule has 2 aliphatic carbocycles. The maximum atomic E-state index is 11.9. The number of aliphatic hydroxyl groups excluding tert-OH is 1. The first-order valence-corrected chi connectivity index (χ1v) is 8.68. The molecule has 1 saturated heterocycles. The molecule has 5 heteroatoms. The second-order valence-electron chi connectivity index (χ2n) is 8.34. The molecule has 5 rings (SSSR count). The molecule has 2 heterocycles. The lowest BCUT2D eigenvalue weighted by Gasteiger charge is -2.58. The molecule has 0 aromatic heterocycles. The van der Waals surface area contributed by atoms with Gasteiger partial charge in [0, 0.05) is 24.3 Å². The van der Waals surface area contributed by atoms with Crippen LogP contribution in [0.2, 0.25) is 0 Å². The van der Waals surface area contributed by atoms with Crippen LogP contribution >= 0.6 is 0 Å². The van der Waals surface area contributed by atoms with Crippen molar-refractivity contribution in [2.24, 2.45) is 11.7 Å². The van der Waals surface area contributed by atoms with Gasteiger partial charge in [0.05, 0.1) is 31.6 Å². The van der Waals surface area contributed by atoms with Crippen LogP contribution in [0.3, 0.4) is 0 Å². The summed E-state index contributed by atoms with van der Waals surface area (Å²) < 4.78 is 7.22. The summed E-state index contributed by atoms with van der Waals surface area (Å²) in [7, 11) is 4.59. The summed E-state index contributed by atoms with van der Waals surface area (Å²) in [6, 6.07) is 4.30. The highest BCUT2D eigenvalue weighted by atomic mass is 16.5. The van der Waals surface area contributed by atoms with Gasteiger partial charge in [0.25, 0.3) is 5.91 Å². The summed E-state index contributed by atoms with van der Waals surface area (Å²) in [4.78, 5) is 11.9. The molecule has 5 atom stereocenters. The Kier molecular flexibility index (Phi) is 2.54. The number of carbonyl (C=O) groups is 1. The van der Waals surface area contributed by atoms with Crippen LogP contribution in [0, 0.1) is 5.92 Å². The number of piperidine rings is 1. The predicted molar refractivity (Wildman–Crippen MR) is 88.8 cm³/mol. The van der Waals surface area contributed by atoms with Gasteiger partial charge in [-0.1, -0.05) is 18.2 Å². The molecule has 1 aromatic carbocycles. The zero-order valence-electron chi connectivity index (χ0n) is 14.0. The minimum atomic E-state index is -0.644. The molecule has 1 amide bonds. The average molecular weight is 327 g/mol. The van der Waals surface area contributed by atoms with Crippen molar-refractivity contribution in [1.29, 1.82) is 0 Å². The van der Waals surface area contributed by atoms with Gasteiger partial charge in [0.15, 0.2) is 0 Å². The second-order valence-corrected chi connectivity index (χ2v) is 8.34. The summed E-state index contributed by atoms with van der Waals surface area (Å²) >= 11 is 0. The number of hydrogen-bond donors (Lipinski definition) is 2. The molecule has 126 valence electrons. The molecule has 2 bridgehead atoms. The number of rotatable bonds is 1. The van der Waals surface area contributed by atoms with E-state index in [-0.39, 0.29) is 11.5 Å². The average Bonchev–Trinajstić information content (AvgIpc) is 2.88. The van der Waals surface area contributed by atoms with Crippen molar-refractivity contribution in [3.05, 3.63) is 41.0 Å². The fourth-order valence-electron chi connectivity index (χ4n) is 5.81. The molecule has 4 aliphatic rings. The van der Waals surface area contributed by atoms with Gasteiger partial charge in [-0.15, -0.1) is 0 Å². The molecule has 5 nitrogen and oxygen atoms in total. The molecule has 1 fully saturated rings. The Morgan fingerprint density at radius 3 is 2.92 bits per heavy atom. The second kappa shape index (κ2) is 4.21. The van der Waals surface area contributed by atoms with E-state index < -0.39 is 12.0 Å². The number of benzene rings is 1. The van der Waals surface area contributed by atoms with Crippen LogP contribution in [-0.2, 0) is 11.8 Å². The van der Waals surface area contributed by atoms with Crippen molar-refractivity contribution in [2.75, 3.05) is 20.6 Å². The first-order chi connectivity index (χ1) is 11.4. The normalized spacial score (nSPS) is 40.0. The van der Waals surface area contributed by atoms with Gasteiger partial charge in [-0.2, -0.15) is 0 Å². The molecule has 2 aliphatic heterocycles. The molecule has 1 aromatic rings. The third kappa shape index (κ3) is 1.46. The van der Waals surface area contributed by atoms with Crippen molar-refractivity contribution in [3.63, 3.8) is 0 Å². The number of primary amides is 1. The summed E-state index contributed by atoms with van der Waals surface area (Å²) in [5.74, 6) is 0.492. The van der Waals surface area contributed by atoms with Crippen molar-refractivity contribution in [1.82, 2.24) is 0 Å². The molecule has 3 N–H and O–H groups in total.